The summed E-state index contributed by atoms with van der Waals surface area (Å²) in [6.45, 7) is 4.03. The minimum atomic E-state index is 0.596. The fraction of sp³-hybridized carbons (Fsp3) is 0.647. The summed E-state index contributed by atoms with van der Waals surface area (Å²) in [5.41, 5.74) is 2.86. The molecule has 0 radical (unpaired) electrons. The molecule has 110 valence electrons. The lowest BCUT2D eigenvalue weighted by Gasteiger charge is -2.27. The van der Waals surface area contributed by atoms with Gasteiger partial charge in [0.15, 0.2) is 0 Å². The van der Waals surface area contributed by atoms with Crippen molar-refractivity contribution in [2.24, 2.45) is 0 Å². The van der Waals surface area contributed by atoms with Crippen LogP contribution in [0, 0.1) is 0 Å². The number of piperidine rings is 1. The molecular weight excluding hydrogens is 250 g/mol. The molecule has 0 aromatic heterocycles. The van der Waals surface area contributed by atoms with Gasteiger partial charge in [-0.1, -0.05) is 12.1 Å². The van der Waals surface area contributed by atoms with Crippen LogP contribution in [0.5, 0.6) is 5.75 Å². The molecule has 2 heterocycles. The Morgan fingerprint density at radius 3 is 2.70 bits per heavy atom. The Morgan fingerprint density at radius 1 is 1.15 bits per heavy atom. The predicted molar refractivity (Wildman–Crippen MR) is 80.6 cm³/mol. The van der Waals surface area contributed by atoms with Crippen LogP contribution in [0.15, 0.2) is 18.2 Å². The molecular formula is C17H25NO2. The van der Waals surface area contributed by atoms with Gasteiger partial charge in [-0.15, -0.1) is 0 Å². The molecule has 3 heteroatoms. The molecule has 2 aliphatic rings. The number of benzene rings is 1. The van der Waals surface area contributed by atoms with Gasteiger partial charge >= 0.3 is 0 Å². The average Bonchev–Trinajstić information content (AvgIpc) is 2.56. The molecule has 1 aromatic carbocycles. The van der Waals surface area contributed by atoms with Crippen LogP contribution < -0.4 is 10.1 Å². The maximum atomic E-state index is 5.59. The minimum absolute atomic E-state index is 0.596. The van der Waals surface area contributed by atoms with E-state index in [2.05, 4.69) is 23.5 Å². The normalized spacial score (nSPS) is 24.6. The van der Waals surface area contributed by atoms with Crippen LogP contribution in [0.4, 0.5) is 0 Å². The Bertz CT molecular complexity index is 435. The molecule has 20 heavy (non-hydrogen) atoms. The van der Waals surface area contributed by atoms with Crippen molar-refractivity contribution in [1.29, 1.82) is 0 Å². The molecule has 1 aromatic rings. The lowest BCUT2D eigenvalue weighted by atomic mass is 9.85. The van der Waals surface area contributed by atoms with Crippen LogP contribution >= 0.6 is 0 Å². The monoisotopic (exact) mass is 275 g/mol. The Balaban J connectivity index is 1.85. The van der Waals surface area contributed by atoms with Gasteiger partial charge in [0, 0.05) is 25.7 Å². The first-order valence-electron chi connectivity index (χ1n) is 7.85. The molecule has 3 rings (SSSR count). The number of ether oxygens (including phenoxy) is 2. The molecule has 2 fully saturated rings. The first kappa shape index (κ1) is 13.9. The van der Waals surface area contributed by atoms with Gasteiger partial charge in [0.1, 0.15) is 5.75 Å². The van der Waals surface area contributed by atoms with E-state index in [1.165, 1.54) is 24.0 Å². The van der Waals surface area contributed by atoms with Gasteiger partial charge in [-0.2, -0.15) is 0 Å². The van der Waals surface area contributed by atoms with E-state index in [4.69, 9.17) is 9.47 Å². The third kappa shape index (κ3) is 2.99. The zero-order valence-corrected chi connectivity index (χ0v) is 12.4. The third-order valence-electron chi connectivity index (χ3n) is 4.68. The van der Waals surface area contributed by atoms with Gasteiger partial charge in [0.25, 0.3) is 0 Å². The van der Waals surface area contributed by atoms with Crippen LogP contribution in [-0.4, -0.2) is 33.4 Å². The highest BCUT2D eigenvalue weighted by Gasteiger charge is 2.22. The van der Waals surface area contributed by atoms with Gasteiger partial charge in [-0.05, 0) is 55.3 Å². The molecule has 0 bridgehead atoms. The molecule has 2 saturated heterocycles. The minimum Gasteiger partial charge on any atom is -0.496 e. The number of rotatable bonds is 3. The van der Waals surface area contributed by atoms with Crippen molar-refractivity contribution < 1.29 is 9.47 Å². The molecule has 2 aliphatic heterocycles. The Morgan fingerprint density at radius 2 is 2.00 bits per heavy atom. The summed E-state index contributed by atoms with van der Waals surface area (Å²) in [6, 6.07) is 6.80. The highest BCUT2D eigenvalue weighted by Crippen LogP contribution is 2.35. The summed E-state index contributed by atoms with van der Waals surface area (Å²) in [7, 11) is 1.78. The smallest absolute Gasteiger partial charge is 0.122 e. The van der Waals surface area contributed by atoms with Gasteiger partial charge < -0.3 is 14.8 Å². The highest BCUT2D eigenvalue weighted by molar-refractivity contribution is 5.41. The Kier molecular flexibility index (Phi) is 4.58. The van der Waals surface area contributed by atoms with Crippen LogP contribution in [0.1, 0.15) is 48.6 Å². The second kappa shape index (κ2) is 6.59. The van der Waals surface area contributed by atoms with Crippen LogP contribution in [0.25, 0.3) is 0 Å². The first-order chi connectivity index (χ1) is 9.88. The van der Waals surface area contributed by atoms with E-state index in [0.29, 0.717) is 11.8 Å². The fourth-order valence-electron chi connectivity index (χ4n) is 3.47. The third-order valence-corrected chi connectivity index (χ3v) is 4.68. The predicted octanol–water partition coefficient (Wildman–Crippen LogP) is 3.06. The maximum absolute atomic E-state index is 5.59. The Labute approximate surface area is 121 Å². The van der Waals surface area contributed by atoms with Crippen LogP contribution in [-0.2, 0) is 4.74 Å². The maximum Gasteiger partial charge on any atom is 0.122 e. The van der Waals surface area contributed by atoms with Crippen molar-refractivity contribution >= 4 is 0 Å². The van der Waals surface area contributed by atoms with Gasteiger partial charge in [-0.25, -0.2) is 0 Å². The van der Waals surface area contributed by atoms with Crippen molar-refractivity contribution in [3.05, 3.63) is 29.3 Å². The zero-order valence-electron chi connectivity index (χ0n) is 12.4. The summed E-state index contributed by atoms with van der Waals surface area (Å²) < 4.78 is 11.1. The second-order valence-electron chi connectivity index (χ2n) is 5.93. The second-order valence-corrected chi connectivity index (χ2v) is 5.93. The van der Waals surface area contributed by atoms with E-state index in [1.54, 1.807) is 7.11 Å². The number of methoxy groups -OCH3 is 1. The molecule has 1 N–H and O–H groups in total. The molecule has 0 saturated carbocycles. The topological polar surface area (TPSA) is 30.5 Å². The summed E-state index contributed by atoms with van der Waals surface area (Å²) in [6.07, 6.45) is 4.82. The first-order valence-corrected chi connectivity index (χ1v) is 7.85. The Hall–Kier alpha value is -1.06. The van der Waals surface area contributed by atoms with Crippen molar-refractivity contribution in [3.8, 4) is 5.75 Å². The van der Waals surface area contributed by atoms with Gasteiger partial charge in [0.2, 0.25) is 0 Å². The molecule has 0 amide bonds. The largest absolute Gasteiger partial charge is 0.496 e. The SMILES string of the molecule is COc1ccc(C2CCOCC2)cc1C1CCCNC1. The summed E-state index contributed by atoms with van der Waals surface area (Å²) >= 11 is 0. The van der Waals surface area contributed by atoms with E-state index in [0.717, 1.165) is 44.9 Å². The summed E-state index contributed by atoms with van der Waals surface area (Å²) in [5.74, 6) is 2.30. The van der Waals surface area contributed by atoms with Crippen molar-refractivity contribution in [2.45, 2.75) is 37.5 Å². The number of hydrogen-bond acceptors (Lipinski definition) is 3. The zero-order chi connectivity index (χ0) is 13.8. The quantitative estimate of drug-likeness (QED) is 0.919. The lowest BCUT2D eigenvalue weighted by Crippen LogP contribution is -2.28. The van der Waals surface area contributed by atoms with E-state index in [9.17, 15) is 0 Å². The fourth-order valence-corrected chi connectivity index (χ4v) is 3.47. The summed E-state index contributed by atoms with van der Waals surface area (Å²) in [5, 5.41) is 3.51. The van der Waals surface area contributed by atoms with Gasteiger partial charge in [-0.3, -0.25) is 0 Å². The number of nitrogens with one attached hydrogen (secondary N) is 1. The van der Waals surface area contributed by atoms with E-state index in [-0.39, 0.29) is 0 Å². The van der Waals surface area contributed by atoms with Crippen molar-refractivity contribution in [3.63, 3.8) is 0 Å². The van der Waals surface area contributed by atoms with Crippen LogP contribution in [0.3, 0.4) is 0 Å². The van der Waals surface area contributed by atoms with Crippen LogP contribution in [0.2, 0.25) is 0 Å². The lowest BCUT2D eigenvalue weighted by molar-refractivity contribution is 0.0853. The molecule has 0 spiro atoms. The van der Waals surface area contributed by atoms with Crippen molar-refractivity contribution in [1.82, 2.24) is 5.32 Å². The molecule has 1 unspecified atom stereocenters. The molecule has 1 atom stereocenters. The highest BCUT2D eigenvalue weighted by atomic mass is 16.5. The van der Waals surface area contributed by atoms with E-state index < -0.39 is 0 Å². The molecule has 3 nitrogen and oxygen atoms in total. The average molecular weight is 275 g/mol. The van der Waals surface area contributed by atoms with Gasteiger partial charge in [0.05, 0.1) is 7.11 Å². The number of hydrogen-bond donors (Lipinski definition) is 1. The standard InChI is InChI=1S/C17H25NO2/c1-19-17-5-4-14(13-6-9-20-10-7-13)11-16(17)15-3-2-8-18-12-15/h4-5,11,13,15,18H,2-3,6-10,12H2,1H3. The van der Waals surface area contributed by atoms with Crippen molar-refractivity contribution in [2.75, 3.05) is 33.4 Å². The van der Waals surface area contributed by atoms with E-state index >= 15 is 0 Å². The summed E-state index contributed by atoms with van der Waals surface area (Å²) in [4.78, 5) is 0. The molecule has 0 aliphatic carbocycles. The van der Waals surface area contributed by atoms with E-state index in [1.807, 2.05) is 0 Å².